The predicted octanol–water partition coefficient (Wildman–Crippen LogP) is 12.4. The number of hydrogen-bond donors (Lipinski definition) is 0. The average Bonchev–Trinajstić information content (AvgIpc) is 3.51. The second kappa shape index (κ2) is 11.2. The van der Waals surface area contributed by atoms with Crippen molar-refractivity contribution in [3.05, 3.63) is 139 Å². The molecule has 0 unspecified atom stereocenters. The summed E-state index contributed by atoms with van der Waals surface area (Å²) in [4.78, 5) is 15.5. The summed E-state index contributed by atoms with van der Waals surface area (Å²) in [7, 11) is 0. The number of rotatable bonds is 4. The molecular formula is C45H37N3S. The van der Waals surface area contributed by atoms with E-state index in [1.807, 2.05) is 11.3 Å². The van der Waals surface area contributed by atoms with Crippen LogP contribution in [0.5, 0.6) is 0 Å². The molecule has 0 bridgehead atoms. The van der Waals surface area contributed by atoms with Gasteiger partial charge in [-0.3, -0.25) is 0 Å². The lowest BCUT2D eigenvalue weighted by Crippen LogP contribution is -2.33. The van der Waals surface area contributed by atoms with Crippen LogP contribution in [0.3, 0.4) is 0 Å². The lowest BCUT2D eigenvalue weighted by molar-refractivity contribution is 0.332. The van der Waals surface area contributed by atoms with Crippen molar-refractivity contribution in [1.29, 1.82) is 0 Å². The molecule has 0 spiro atoms. The minimum absolute atomic E-state index is 0.0865. The fraction of sp³-hybridized carbons (Fsp3) is 0.178. The Balaban J connectivity index is 1.20. The van der Waals surface area contributed by atoms with Gasteiger partial charge < -0.3 is 0 Å². The first kappa shape index (κ1) is 29.9. The molecule has 9 rings (SSSR count). The minimum Gasteiger partial charge on any atom is -0.208 e. The summed E-state index contributed by atoms with van der Waals surface area (Å²) in [6, 6.07) is 45.8. The van der Waals surface area contributed by atoms with Gasteiger partial charge in [0.05, 0.1) is 0 Å². The molecule has 1 aliphatic rings. The molecule has 0 atom stereocenters. The van der Waals surface area contributed by atoms with E-state index >= 15 is 0 Å². The normalized spacial score (nSPS) is 15.1. The van der Waals surface area contributed by atoms with Gasteiger partial charge in [0.15, 0.2) is 17.5 Å². The maximum absolute atomic E-state index is 5.17. The number of benzene rings is 6. The molecule has 0 saturated carbocycles. The van der Waals surface area contributed by atoms with Crippen LogP contribution in [0.15, 0.2) is 127 Å². The first-order chi connectivity index (χ1) is 23.7. The Morgan fingerprint density at radius 2 is 1.00 bits per heavy atom. The van der Waals surface area contributed by atoms with E-state index in [-0.39, 0.29) is 10.8 Å². The molecule has 8 aromatic rings. The number of hydrogen-bond acceptors (Lipinski definition) is 4. The Morgan fingerprint density at radius 1 is 0.449 bits per heavy atom. The summed E-state index contributed by atoms with van der Waals surface area (Å²) >= 11 is 1.82. The van der Waals surface area contributed by atoms with Gasteiger partial charge in [-0.25, -0.2) is 15.0 Å². The highest BCUT2D eigenvalue weighted by molar-refractivity contribution is 7.25. The Kier molecular flexibility index (Phi) is 6.83. The van der Waals surface area contributed by atoms with Crippen LogP contribution >= 0.6 is 11.3 Å². The summed E-state index contributed by atoms with van der Waals surface area (Å²) in [5.74, 6) is 2.07. The van der Waals surface area contributed by atoms with Gasteiger partial charge in [0.25, 0.3) is 0 Å². The monoisotopic (exact) mass is 651 g/mol. The van der Waals surface area contributed by atoms with E-state index in [9.17, 15) is 0 Å². The largest absolute Gasteiger partial charge is 0.208 e. The highest BCUT2D eigenvalue weighted by Gasteiger charge is 2.37. The molecular weight excluding hydrogens is 615 g/mol. The van der Waals surface area contributed by atoms with Crippen LogP contribution in [-0.4, -0.2) is 15.0 Å². The van der Waals surface area contributed by atoms with Gasteiger partial charge >= 0.3 is 0 Å². The summed E-state index contributed by atoms with van der Waals surface area (Å²) in [6.45, 7) is 9.47. The summed E-state index contributed by atoms with van der Waals surface area (Å²) in [5.41, 5.74) is 8.45. The fourth-order valence-corrected chi connectivity index (χ4v) is 8.78. The molecule has 0 saturated heterocycles. The molecule has 0 fully saturated rings. The molecule has 0 aliphatic heterocycles. The molecule has 0 radical (unpaired) electrons. The van der Waals surface area contributed by atoms with Crippen LogP contribution in [0.25, 0.3) is 76.2 Å². The average molecular weight is 652 g/mol. The molecule has 2 aromatic heterocycles. The van der Waals surface area contributed by atoms with Gasteiger partial charge in [0.2, 0.25) is 0 Å². The lowest BCUT2D eigenvalue weighted by Gasteiger charge is -2.42. The first-order valence-corrected chi connectivity index (χ1v) is 18.0. The van der Waals surface area contributed by atoms with Crippen molar-refractivity contribution < 1.29 is 0 Å². The molecule has 6 aromatic carbocycles. The Bertz CT molecular complexity index is 2550. The van der Waals surface area contributed by atoms with Crippen molar-refractivity contribution in [2.75, 3.05) is 0 Å². The van der Waals surface area contributed by atoms with Crippen molar-refractivity contribution in [2.24, 2.45) is 0 Å². The van der Waals surface area contributed by atoms with Crippen LogP contribution in [0.2, 0.25) is 0 Å². The highest BCUT2D eigenvalue weighted by atomic mass is 32.1. The van der Waals surface area contributed by atoms with E-state index in [0.29, 0.717) is 17.5 Å². The van der Waals surface area contributed by atoms with E-state index in [2.05, 4.69) is 155 Å². The zero-order valence-corrected chi connectivity index (χ0v) is 29.1. The van der Waals surface area contributed by atoms with E-state index in [1.54, 1.807) is 0 Å². The number of fused-ring (bicyclic) bond motifs is 5. The van der Waals surface area contributed by atoms with Gasteiger partial charge in [-0.15, -0.1) is 11.3 Å². The zero-order chi connectivity index (χ0) is 33.3. The zero-order valence-electron chi connectivity index (χ0n) is 28.3. The second-order valence-electron chi connectivity index (χ2n) is 14.7. The highest BCUT2D eigenvalue weighted by Crippen LogP contribution is 2.47. The maximum atomic E-state index is 5.17. The lowest BCUT2D eigenvalue weighted by atomic mass is 9.63. The Labute approximate surface area is 291 Å². The van der Waals surface area contributed by atoms with E-state index in [1.165, 1.54) is 59.6 Å². The first-order valence-electron chi connectivity index (χ1n) is 17.2. The van der Waals surface area contributed by atoms with E-state index in [0.717, 1.165) is 23.1 Å². The van der Waals surface area contributed by atoms with Crippen LogP contribution in [0.4, 0.5) is 0 Å². The third-order valence-corrected chi connectivity index (χ3v) is 11.8. The minimum atomic E-state index is 0.0865. The molecule has 1 aliphatic carbocycles. The third kappa shape index (κ3) is 5.14. The van der Waals surface area contributed by atoms with Gasteiger partial charge in [0, 0.05) is 36.9 Å². The van der Waals surface area contributed by atoms with Crippen LogP contribution < -0.4 is 0 Å². The molecule has 0 amide bonds. The second-order valence-corrected chi connectivity index (χ2v) is 15.8. The van der Waals surface area contributed by atoms with E-state index < -0.39 is 0 Å². The Morgan fingerprint density at radius 3 is 1.78 bits per heavy atom. The summed E-state index contributed by atoms with van der Waals surface area (Å²) in [6.07, 6.45) is 2.34. The SMILES string of the molecule is CC1(C)CCC(C)(C)c2cc(-c3nc(-c4ccc(-c5cccc6ccccc56)cc4)nc(-c4ccc5c(c4)sc4ccccc45)n3)ccc21. The van der Waals surface area contributed by atoms with Crippen LogP contribution in [0, 0.1) is 0 Å². The van der Waals surface area contributed by atoms with Crippen molar-refractivity contribution >= 4 is 42.3 Å². The molecule has 4 heteroatoms. The molecule has 238 valence electrons. The summed E-state index contributed by atoms with van der Waals surface area (Å²) in [5, 5.41) is 5.04. The van der Waals surface area contributed by atoms with Crippen LogP contribution in [0.1, 0.15) is 51.7 Å². The topological polar surface area (TPSA) is 38.7 Å². The van der Waals surface area contributed by atoms with Crippen molar-refractivity contribution in [2.45, 2.75) is 51.4 Å². The van der Waals surface area contributed by atoms with Gasteiger partial charge in [-0.2, -0.15) is 0 Å². The van der Waals surface area contributed by atoms with Gasteiger partial charge in [0.1, 0.15) is 0 Å². The van der Waals surface area contributed by atoms with Crippen molar-refractivity contribution in [3.63, 3.8) is 0 Å². The predicted molar refractivity (Wildman–Crippen MR) is 207 cm³/mol. The molecule has 49 heavy (non-hydrogen) atoms. The number of thiophene rings is 1. The molecule has 0 N–H and O–H groups in total. The summed E-state index contributed by atoms with van der Waals surface area (Å²) < 4.78 is 2.52. The van der Waals surface area contributed by atoms with Crippen molar-refractivity contribution in [3.8, 4) is 45.3 Å². The number of aromatic nitrogens is 3. The van der Waals surface area contributed by atoms with Crippen molar-refractivity contribution in [1.82, 2.24) is 15.0 Å². The maximum Gasteiger partial charge on any atom is 0.164 e. The van der Waals surface area contributed by atoms with Crippen LogP contribution in [-0.2, 0) is 10.8 Å². The standard InChI is InChI=1S/C45H37N3S/c1-44(2)24-25-45(3,4)38-26-31(21-23-37(38)44)42-46-41(30-18-16-29(17-19-30)34-14-9-11-28-10-5-6-12-33(28)34)47-43(48-42)32-20-22-36-35-13-7-8-15-39(35)49-40(36)27-32/h5-23,26-27H,24-25H2,1-4H3. The fourth-order valence-electron chi connectivity index (χ4n) is 7.63. The quantitative estimate of drug-likeness (QED) is 0.190. The Hall–Kier alpha value is -5.19. The van der Waals surface area contributed by atoms with E-state index in [4.69, 9.17) is 15.0 Å². The smallest absolute Gasteiger partial charge is 0.164 e. The molecule has 3 nitrogen and oxygen atoms in total. The third-order valence-electron chi connectivity index (χ3n) is 10.6. The van der Waals surface area contributed by atoms with Gasteiger partial charge in [-0.1, -0.05) is 137 Å². The molecule has 2 heterocycles. The van der Waals surface area contributed by atoms with Gasteiger partial charge in [-0.05, 0) is 74.9 Å². The number of nitrogens with zero attached hydrogens (tertiary/aromatic N) is 3.